The second-order valence-electron chi connectivity index (χ2n) is 4.42. The first kappa shape index (κ1) is 13.9. The van der Waals surface area contributed by atoms with E-state index in [2.05, 4.69) is 15.0 Å². The molecule has 0 bridgehead atoms. The minimum absolute atomic E-state index is 0.289. The molecule has 22 heavy (non-hydrogen) atoms. The average Bonchev–Trinajstić information content (AvgIpc) is 2.56. The normalized spacial score (nSPS) is 10.5. The first-order valence-electron chi connectivity index (χ1n) is 6.47. The van der Waals surface area contributed by atoms with Crippen molar-refractivity contribution < 1.29 is 14.2 Å². The first-order valence-corrected chi connectivity index (χ1v) is 6.47. The van der Waals surface area contributed by atoms with Gasteiger partial charge in [0.2, 0.25) is 5.88 Å². The zero-order valence-electron chi connectivity index (χ0n) is 12.1. The van der Waals surface area contributed by atoms with Crippen molar-refractivity contribution in [3.63, 3.8) is 0 Å². The van der Waals surface area contributed by atoms with Crippen molar-refractivity contribution in [2.24, 2.45) is 0 Å². The fraction of sp³-hybridized carbons (Fsp3) is 0.133. The van der Waals surface area contributed by atoms with Crippen LogP contribution in [0.1, 0.15) is 0 Å². The lowest BCUT2D eigenvalue weighted by Gasteiger charge is -2.12. The number of nitrogen functional groups attached to an aromatic ring is 1. The van der Waals surface area contributed by atoms with E-state index in [9.17, 15) is 0 Å². The largest absolute Gasteiger partial charge is 0.493 e. The molecule has 0 saturated carbocycles. The van der Waals surface area contributed by atoms with E-state index >= 15 is 0 Å². The number of pyridine rings is 1. The Labute approximate surface area is 126 Å². The van der Waals surface area contributed by atoms with Crippen LogP contribution in [0.2, 0.25) is 0 Å². The van der Waals surface area contributed by atoms with E-state index in [1.165, 1.54) is 12.5 Å². The third-order valence-corrected chi connectivity index (χ3v) is 3.12. The molecule has 3 rings (SSSR count). The Hall–Kier alpha value is -3.09. The van der Waals surface area contributed by atoms with Crippen molar-refractivity contribution in [3.05, 3.63) is 36.9 Å². The first-order chi connectivity index (χ1) is 10.7. The van der Waals surface area contributed by atoms with Crippen LogP contribution < -0.4 is 19.9 Å². The van der Waals surface area contributed by atoms with Crippen LogP contribution in [0.15, 0.2) is 36.9 Å². The molecule has 0 radical (unpaired) electrons. The number of methoxy groups -OCH3 is 2. The third-order valence-electron chi connectivity index (χ3n) is 3.12. The molecular weight excluding hydrogens is 284 g/mol. The lowest BCUT2D eigenvalue weighted by atomic mass is 10.2. The molecule has 2 heterocycles. The summed E-state index contributed by atoms with van der Waals surface area (Å²) in [5.41, 5.74) is 6.87. The maximum Gasteiger partial charge on any atom is 0.245 e. The van der Waals surface area contributed by atoms with Crippen LogP contribution in [0, 0.1) is 0 Å². The van der Waals surface area contributed by atoms with E-state index in [1.807, 2.05) is 0 Å². The lowest BCUT2D eigenvalue weighted by Crippen LogP contribution is -1.97. The fourth-order valence-electron chi connectivity index (χ4n) is 2.06. The van der Waals surface area contributed by atoms with Gasteiger partial charge in [0.1, 0.15) is 17.8 Å². The number of hydrogen-bond acceptors (Lipinski definition) is 7. The Kier molecular flexibility index (Phi) is 3.61. The second kappa shape index (κ2) is 5.72. The maximum absolute atomic E-state index is 5.80. The summed E-state index contributed by atoms with van der Waals surface area (Å²) in [6.45, 7) is 0. The van der Waals surface area contributed by atoms with Gasteiger partial charge in [-0.2, -0.15) is 4.98 Å². The van der Waals surface area contributed by atoms with Gasteiger partial charge in [-0.05, 0) is 12.1 Å². The quantitative estimate of drug-likeness (QED) is 0.790. The van der Waals surface area contributed by atoms with Gasteiger partial charge < -0.3 is 19.9 Å². The minimum atomic E-state index is 0.289. The summed E-state index contributed by atoms with van der Waals surface area (Å²) >= 11 is 0. The van der Waals surface area contributed by atoms with Gasteiger partial charge in [-0.1, -0.05) is 0 Å². The molecule has 7 heteroatoms. The molecule has 3 aromatic rings. The van der Waals surface area contributed by atoms with Crippen molar-refractivity contribution >= 4 is 16.6 Å². The van der Waals surface area contributed by atoms with Gasteiger partial charge >= 0.3 is 0 Å². The van der Waals surface area contributed by atoms with Gasteiger partial charge in [-0.15, -0.1) is 0 Å². The molecule has 0 atom stereocenters. The molecule has 112 valence electrons. The Morgan fingerprint density at radius 3 is 2.50 bits per heavy atom. The molecule has 1 aromatic carbocycles. The van der Waals surface area contributed by atoms with E-state index in [0.717, 1.165) is 5.39 Å². The van der Waals surface area contributed by atoms with Crippen LogP contribution in [-0.4, -0.2) is 29.2 Å². The summed E-state index contributed by atoms with van der Waals surface area (Å²) in [5, 5.41) is 0.762. The van der Waals surface area contributed by atoms with Crippen LogP contribution in [0.3, 0.4) is 0 Å². The predicted molar refractivity (Wildman–Crippen MR) is 81.4 cm³/mol. The lowest BCUT2D eigenvalue weighted by molar-refractivity contribution is 0.355. The van der Waals surface area contributed by atoms with E-state index in [4.69, 9.17) is 19.9 Å². The topological polar surface area (TPSA) is 92.4 Å². The molecule has 0 fully saturated rings. The van der Waals surface area contributed by atoms with E-state index < -0.39 is 0 Å². The molecule has 0 spiro atoms. The van der Waals surface area contributed by atoms with Crippen molar-refractivity contribution in [3.8, 4) is 23.1 Å². The minimum Gasteiger partial charge on any atom is -0.493 e. The molecule has 7 nitrogen and oxygen atoms in total. The zero-order chi connectivity index (χ0) is 15.5. The monoisotopic (exact) mass is 298 g/mol. The van der Waals surface area contributed by atoms with E-state index in [-0.39, 0.29) is 5.88 Å². The summed E-state index contributed by atoms with van der Waals surface area (Å²) in [5.74, 6) is 2.04. The van der Waals surface area contributed by atoms with E-state index in [1.54, 1.807) is 38.6 Å². The summed E-state index contributed by atoms with van der Waals surface area (Å²) < 4.78 is 16.4. The number of fused-ring (bicyclic) bond motifs is 1. The van der Waals surface area contributed by atoms with Crippen LogP contribution >= 0.6 is 0 Å². The zero-order valence-corrected chi connectivity index (χ0v) is 12.1. The number of ether oxygens (including phenoxy) is 3. The van der Waals surface area contributed by atoms with Crippen LogP contribution in [0.25, 0.3) is 10.9 Å². The maximum atomic E-state index is 5.80. The van der Waals surface area contributed by atoms with Crippen LogP contribution in [0.4, 0.5) is 5.69 Å². The van der Waals surface area contributed by atoms with Gasteiger partial charge in [0, 0.05) is 17.6 Å². The number of nitrogens with zero attached hydrogens (tertiary/aromatic N) is 3. The standard InChI is InChI=1S/C15H14N4O3/c1-20-13-5-9-11(6-14(13)21-2)18-4-3-12(9)22-15-10(16)7-17-8-19-15/h3-8H,16H2,1-2H3. The Morgan fingerprint density at radius 1 is 1.00 bits per heavy atom. The summed E-state index contributed by atoms with van der Waals surface area (Å²) in [6, 6.07) is 5.31. The summed E-state index contributed by atoms with van der Waals surface area (Å²) in [7, 11) is 3.15. The molecule has 0 saturated heterocycles. The molecule has 2 aromatic heterocycles. The Bertz CT molecular complexity index is 823. The van der Waals surface area contributed by atoms with Crippen LogP contribution in [0.5, 0.6) is 23.1 Å². The highest BCUT2D eigenvalue weighted by Crippen LogP contribution is 2.37. The molecule has 0 aliphatic rings. The van der Waals surface area contributed by atoms with Crippen molar-refractivity contribution in [1.29, 1.82) is 0 Å². The molecule has 0 aliphatic carbocycles. The molecule has 0 aliphatic heterocycles. The summed E-state index contributed by atoms with van der Waals surface area (Å²) in [4.78, 5) is 12.2. The summed E-state index contributed by atoms with van der Waals surface area (Å²) in [6.07, 6.45) is 4.50. The number of rotatable bonds is 4. The van der Waals surface area contributed by atoms with Gasteiger partial charge in [0.25, 0.3) is 0 Å². The van der Waals surface area contributed by atoms with Crippen LogP contribution in [-0.2, 0) is 0 Å². The van der Waals surface area contributed by atoms with Crippen molar-refractivity contribution in [2.45, 2.75) is 0 Å². The van der Waals surface area contributed by atoms with Gasteiger partial charge in [-0.3, -0.25) is 4.98 Å². The number of aromatic nitrogens is 3. The number of anilines is 1. The number of hydrogen-bond donors (Lipinski definition) is 1. The third kappa shape index (κ3) is 2.44. The van der Waals surface area contributed by atoms with Crippen molar-refractivity contribution in [1.82, 2.24) is 15.0 Å². The number of nitrogens with two attached hydrogens (primary N) is 1. The van der Waals surface area contributed by atoms with Gasteiger partial charge in [-0.25, -0.2) is 4.98 Å². The van der Waals surface area contributed by atoms with Crippen molar-refractivity contribution in [2.75, 3.05) is 20.0 Å². The number of benzene rings is 1. The molecule has 2 N–H and O–H groups in total. The highest BCUT2D eigenvalue weighted by atomic mass is 16.5. The predicted octanol–water partition coefficient (Wildman–Crippen LogP) is 2.42. The Morgan fingerprint density at radius 2 is 1.77 bits per heavy atom. The molecular formula is C15H14N4O3. The average molecular weight is 298 g/mol. The smallest absolute Gasteiger partial charge is 0.245 e. The second-order valence-corrected chi connectivity index (χ2v) is 4.42. The highest BCUT2D eigenvalue weighted by molar-refractivity contribution is 5.88. The highest BCUT2D eigenvalue weighted by Gasteiger charge is 2.12. The van der Waals surface area contributed by atoms with Gasteiger partial charge in [0.15, 0.2) is 11.5 Å². The van der Waals surface area contributed by atoms with Gasteiger partial charge in [0.05, 0.1) is 25.9 Å². The Balaban J connectivity index is 2.12. The van der Waals surface area contributed by atoms with E-state index in [0.29, 0.717) is 28.5 Å². The SMILES string of the molecule is COc1cc2nccc(Oc3ncncc3N)c2cc1OC. The molecule has 0 amide bonds. The fourth-order valence-corrected chi connectivity index (χ4v) is 2.06. The molecule has 0 unspecified atom stereocenters.